The zero-order valence-corrected chi connectivity index (χ0v) is 10.3. The van der Waals surface area contributed by atoms with Gasteiger partial charge in [-0.2, -0.15) is 0 Å². The van der Waals surface area contributed by atoms with Crippen molar-refractivity contribution in [2.45, 2.75) is 13.5 Å². The number of amides is 1. The minimum atomic E-state index is -0.191. The van der Waals surface area contributed by atoms with E-state index in [0.717, 1.165) is 4.88 Å². The molecule has 0 saturated heterocycles. The van der Waals surface area contributed by atoms with Crippen LogP contribution in [-0.2, 0) is 6.54 Å². The Balaban J connectivity index is 2.04. The van der Waals surface area contributed by atoms with Gasteiger partial charge in [0.2, 0.25) is 0 Å². The zero-order valence-electron chi connectivity index (χ0n) is 9.43. The fourth-order valence-electron chi connectivity index (χ4n) is 1.44. The maximum absolute atomic E-state index is 11.8. The van der Waals surface area contributed by atoms with E-state index >= 15 is 0 Å². The van der Waals surface area contributed by atoms with E-state index in [0.29, 0.717) is 17.8 Å². The summed E-state index contributed by atoms with van der Waals surface area (Å²) in [5.41, 5.74) is 7.75. The first kappa shape index (κ1) is 11.6. The van der Waals surface area contributed by atoms with Crippen molar-refractivity contribution in [2.24, 2.45) is 0 Å². The van der Waals surface area contributed by atoms with Gasteiger partial charge >= 0.3 is 0 Å². The van der Waals surface area contributed by atoms with E-state index in [9.17, 15) is 4.79 Å². The fraction of sp³-hybridized carbons (Fsp3) is 0.167. The Labute approximate surface area is 103 Å². The molecule has 88 valence electrons. The van der Waals surface area contributed by atoms with Crippen LogP contribution < -0.4 is 11.1 Å². The summed E-state index contributed by atoms with van der Waals surface area (Å²) in [6.45, 7) is 2.55. The molecule has 0 fully saturated rings. The van der Waals surface area contributed by atoms with Crippen molar-refractivity contribution in [3.8, 4) is 0 Å². The van der Waals surface area contributed by atoms with Gasteiger partial charge < -0.3 is 11.1 Å². The van der Waals surface area contributed by atoms with Crippen molar-refractivity contribution in [1.82, 2.24) is 10.3 Å². The van der Waals surface area contributed by atoms with Crippen LogP contribution in [0.1, 0.15) is 20.8 Å². The van der Waals surface area contributed by atoms with Crippen LogP contribution in [0.25, 0.3) is 0 Å². The largest absolute Gasteiger partial charge is 0.398 e. The predicted molar refractivity (Wildman–Crippen MR) is 68.9 cm³/mol. The molecule has 0 saturated carbocycles. The molecule has 2 aromatic heterocycles. The van der Waals surface area contributed by atoms with E-state index in [2.05, 4.69) is 10.3 Å². The van der Waals surface area contributed by atoms with Crippen LogP contribution in [0.15, 0.2) is 29.9 Å². The van der Waals surface area contributed by atoms with Crippen LogP contribution in [0.5, 0.6) is 0 Å². The molecule has 1 amide bonds. The molecule has 0 spiro atoms. The molecule has 3 N–H and O–H groups in total. The number of nitrogens with zero attached hydrogens (tertiary/aromatic N) is 1. The fourth-order valence-corrected chi connectivity index (χ4v) is 2.28. The highest BCUT2D eigenvalue weighted by Crippen LogP contribution is 2.15. The number of pyridine rings is 1. The molecule has 4 nitrogen and oxygen atoms in total. The van der Waals surface area contributed by atoms with Gasteiger partial charge in [-0.05, 0) is 30.0 Å². The number of nitrogen functional groups attached to an aromatic ring is 1. The summed E-state index contributed by atoms with van der Waals surface area (Å²) in [6.07, 6.45) is 3.04. The van der Waals surface area contributed by atoms with Crippen LogP contribution in [0.3, 0.4) is 0 Å². The van der Waals surface area contributed by atoms with Crippen molar-refractivity contribution in [1.29, 1.82) is 0 Å². The SMILES string of the molecule is Cc1ccsc1CNC(=O)c1cnccc1N. The van der Waals surface area contributed by atoms with E-state index < -0.39 is 0 Å². The third-order valence-electron chi connectivity index (χ3n) is 2.48. The lowest BCUT2D eigenvalue weighted by molar-refractivity contribution is 0.0952. The van der Waals surface area contributed by atoms with Gasteiger partial charge in [0, 0.05) is 23.0 Å². The number of rotatable bonds is 3. The van der Waals surface area contributed by atoms with Gasteiger partial charge in [-0.15, -0.1) is 11.3 Å². The average molecular weight is 247 g/mol. The maximum Gasteiger partial charge on any atom is 0.255 e. The minimum absolute atomic E-state index is 0.191. The van der Waals surface area contributed by atoms with Crippen LogP contribution in [-0.4, -0.2) is 10.9 Å². The van der Waals surface area contributed by atoms with Gasteiger partial charge in [0.05, 0.1) is 12.1 Å². The molecular weight excluding hydrogens is 234 g/mol. The second-order valence-corrected chi connectivity index (χ2v) is 4.67. The average Bonchev–Trinajstić information content (AvgIpc) is 2.72. The molecular formula is C12H13N3OS. The van der Waals surface area contributed by atoms with Gasteiger partial charge in [0.25, 0.3) is 5.91 Å². The molecule has 2 heterocycles. The predicted octanol–water partition coefficient (Wildman–Crippen LogP) is 1.96. The monoisotopic (exact) mass is 247 g/mol. The Morgan fingerprint density at radius 3 is 3.00 bits per heavy atom. The van der Waals surface area contributed by atoms with Crippen molar-refractivity contribution in [2.75, 3.05) is 5.73 Å². The first-order chi connectivity index (χ1) is 8.18. The number of thiophene rings is 1. The number of nitrogens with two attached hydrogens (primary N) is 1. The quantitative estimate of drug-likeness (QED) is 0.871. The van der Waals surface area contributed by atoms with Crippen molar-refractivity contribution in [3.05, 3.63) is 45.9 Å². The topological polar surface area (TPSA) is 68.0 Å². The summed E-state index contributed by atoms with van der Waals surface area (Å²) in [6, 6.07) is 3.65. The Bertz CT molecular complexity index is 536. The molecule has 17 heavy (non-hydrogen) atoms. The normalized spacial score (nSPS) is 10.2. The van der Waals surface area contributed by atoms with Gasteiger partial charge in [0.15, 0.2) is 0 Å². The lowest BCUT2D eigenvalue weighted by Crippen LogP contribution is -2.23. The van der Waals surface area contributed by atoms with E-state index in [1.54, 1.807) is 23.6 Å². The number of carbonyl (C=O) groups is 1. The Hall–Kier alpha value is -1.88. The molecule has 2 aromatic rings. The molecule has 0 aliphatic carbocycles. The number of anilines is 1. The van der Waals surface area contributed by atoms with Gasteiger partial charge in [-0.25, -0.2) is 0 Å². The molecule has 5 heteroatoms. The molecule has 0 aliphatic heterocycles. The van der Waals surface area contributed by atoms with Gasteiger partial charge in [-0.3, -0.25) is 9.78 Å². The number of carbonyl (C=O) groups excluding carboxylic acids is 1. The Morgan fingerprint density at radius 1 is 1.53 bits per heavy atom. The number of hydrogen-bond donors (Lipinski definition) is 2. The molecule has 0 aliphatic rings. The summed E-state index contributed by atoms with van der Waals surface area (Å²) < 4.78 is 0. The standard InChI is InChI=1S/C12H13N3OS/c1-8-3-5-17-11(8)7-15-12(16)9-6-14-4-2-10(9)13/h2-6H,7H2,1H3,(H2,13,14)(H,15,16). The molecule has 0 bridgehead atoms. The number of aryl methyl sites for hydroxylation is 1. The van der Waals surface area contributed by atoms with E-state index in [-0.39, 0.29) is 5.91 Å². The van der Waals surface area contributed by atoms with E-state index in [4.69, 9.17) is 5.73 Å². The lowest BCUT2D eigenvalue weighted by atomic mass is 10.2. The highest BCUT2D eigenvalue weighted by atomic mass is 32.1. The third kappa shape index (κ3) is 2.62. The second-order valence-electron chi connectivity index (χ2n) is 3.67. The molecule has 0 atom stereocenters. The maximum atomic E-state index is 11.8. The molecule has 0 unspecified atom stereocenters. The smallest absolute Gasteiger partial charge is 0.255 e. The van der Waals surface area contributed by atoms with Crippen molar-refractivity contribution >= 4 is 22.9 Å². The first-order valence-electron chi connectivity index (χ1n) is 5.19. The third-order valence-corrected chi connectivity index (χ3v) is 3.50. The summed E-state index contributed by atoms with van der Waals surface area (Å²) in [4.78, 5) is 16.9. The summed E-state index contributed by atoms with van der Waals surface area (Å²) >= 11 is 1.63. The minimum Gasteiger partial charge on any atom is -0.398 e. The summed E-state index contributed by atoms with van der Waals surface area (Å²) in [7, 11) is 0. The lowest BCUT2D eigenvalue weighted by Gasteiger charge is -2.06. The highest BCUT2D eigenvalue weighted by molar-refractivity contribution is 7.10. The van der Waals surface area contributed by atoms with Crippen molar-refractivity contribution < 1.29 is 4.79 Å². The molecule has 0 aromatic carbocycles. The van der Waals surface area contributed by atoms with Crippen LogP contribution in [0.4, 0.5) is 5.69 Å². The Morgan fingerprint density at radius 2 is 2.35 bits per heavy atom. The van der Waals surface area contributed by atoms with Crippen LogP contribution >= 0.6 is 11.3 Å². The Kier molecular flexibility index (Phi) is 3.39. The molecule has 2 rings (SSSR count). The highest BCUT2D eigenvalue weighted by Gasteiger charge is 2.09. The summed E-state index contributed by atoms with van der Waals surface area (Å²) in [5, 5.41) is 4.84. The van der Waals surface area contributed by atoms with E-state index in [1.807, 2.05) is 18.4 Å². The molecule has 0 radical (unpaired) electrons. The van der Waals surface area contributed by atoms with Gasteiger partial charge in [-0.1, -0.05) is 0 Å². The first-order valence-corrected chi connectivity index (χ1v) is 6.07. The van der Waals surface area contributed by atoms with Crippen LogP contribution in [0, 0.1) is 6.92 Å². The zero-order chi connectivity index (χ0) is 12.3. The van der Waals surface area contributed by atoms with Crippen LogP contribution in [0.2, 0.25) is 0 Å². The second kappa shape index (κ2) is 4.97. The van der Waals surface area contributed by atoms with Gasteiger partial charge in [0.1, 0.15) is 0 Å². The van der Waals surface area contributed by atoms with E-state index in [1.165, 1.54) is 11.8 Å². The number of aromatic nitrogens is 1. The number of nitrogens with one attached hydrogen (secondary N) is 1. The summed E-state index contributed by atoms with van der Waals surface area (Å²) in [5.74, 6) is -0.191. The number of hydrogen-bond acceptors (Lipinski definition) is 4. The van der Waals surface area contributed by atoms with Crippen molar-refractivity contribution in [3.63, 3.8) is 0 Å².